The molecule has 8 heteroatoms. The molecule has 1 rings (SSSR count). The third kappa shape index (κ3) is 3.56. The average molecular weight is 248 g/mol. The normalized spacial score (nSPS) is 13.9. The molecular formula is C8H16N4O3S. The average Bonchev–Trinajstić information content (AvgIpc) is 2.71. The molecule has 1 atom stereocenters. The molecule has 0 saturated carbocycles. The number of H-pyrrole nitrogens is 1. The third-order valence-electron chi connectivity index (χ3n) is 1.97. The van der Waals surface area contributed by atoms with Gasteiger partial charge in [0.15, 0.2) is 5.03 Å². The van der Waals surface area contributed by atoms with Gasteiger partial charge in [-0.2, -0.15) is 0 Å². The van der Waals surface area contributed by atoms with Crippen molar-refractivity contribution in [2.24, 2.45) is 5.73 Å². The number of ether oxygens (including phenoxy) is 1. The summed E-state index contributed by atoms with van der Waals surface area (Å²) < 4.78 is 31.0. The van der Waals surface area contributed by atoms with Crippen LogP contribution in [0.15, 0.2) is 17.6 Å². The molecule has 0 aromatic carbocycles. The molecule has 0 aliphatic heterocycles. The number of nitrogens with two attached hydrogens (primary N) is 1. The van der Waals surface area contributed by atoms with E-state index < -0.39 is 10.0 Å². The van der Waals surface area contributed by atoms with E-state index in [4.69, 9.17) is 10.5 Å². The van der Waals surface area contributed by atoms with Crippen LogP contribution in [0.3, 0.4) is 0 Å². The number of imidazole rings is 1. The Morgan fingerprint density at radius 1 is 1.69 bits per heavy atom. The first-order valence-corrected chi connectivity index (χ1v) is 6.28. The van der Waals surface area contributed by atoms with Crippen molar-refractivity contribution >= 4 is 10.0 Å². The minimum absolute atomic E-state index is 0.0330. The predicted molar refractivity (Wildman–Crippen MR) is 58.2 cm³/mol. The molecule has 0 aliphatic carbocycles. The van der Waals surface area contributed by atoms with E-state index in [9.17, 15) is 8.42 Å². The van der Waals surface area contributed by atoms with Crippen molar-refractivity contribution in [1.29, 1.82) is 0 Å². The van der Waals surface area contributed by atoms with Gasteiger partial charge >= 0.3 is 0 Å². The van der Waals surface area contributed by atoms with Gasteiger partial charge in [-0.1, -0.05) is 0 Å². The Balaban J connectivity index is 2.70. The number of hydrogen-bond acceptors (Lipinski definition) is 5. The summed E-state index contributed by atoms with van der Waals surface area (Å²) in [4.78, 5) is 6.19. The van der Waals surface area contributed by atoms with E-state index in [1.54, 1.807) is 0 Å². The first-order valence-electron chi connectivity index (χ1n) is 4.80. The van der Waals surface area contributed by atoms with Crippen LogP contribution in [0, 0.1) is 0 Å². The maximum absolute atomic E-state index is 11.8. The number of nitrogens with zero attached hydrogens (tertiary/aromatic N) is 1. The molecule has 0 saturated heterocycles. The summed E-state index contributed by atoms with van der Waals surface area (Å²) in [6, 6.07) is -0.330. The maximum Gasteiger partial charge on any atom is 0.257 e. The molecular weight excluding hydrogens is 232 g/mol. The molecule has 1 aromatic heterocycles. The monoisotopic (exact) mass is 248 g/mol. The lowest BCUT2D eigenvalue weighted by Crippen LogP contribution is -2.39. The molecule has 0 fully saturated rings. The summed E-state index contributed by atoms with van der Waals surface area (Å²) in [5.41, 5.74) is 5.39. The van der Waals surface area contributed by atoms with E-state index in [2.05, 4.69) is 14.7 Å². The van der Waals surface area contributed by atoms with Gasteiger partial charge < -0.3 is 15.5 Å². The highest BCUT2D eigenvalue weighted by molar-refractivity contribution is 7.89. The standard InChI is InChI=1S/C8H16N4O3S/c1-15-5-7(2-3-9)12-16(13,14)8-4-10-6-11-8/h4,6-7,12H,2-3,5,9H2,1H3,(H,10,11). The van der Waals surface area contributed by atoms with Crippen LogP contribution in [-0.2, 0) is 14.8 Å². The van der Waals surface area contributed by atoms with Crippen molar-refractivity contribution in [2.75, 3.05) is 20.3 Å². The Hall–Kier alpha value is -0.960. The van der Waals surface area contributed by atoms with Gasteiger partial charge in [0, 0.05) is 13.2 Å². The molecule has 7 nitrogen and oxygen atoms in total. The zero-order valence-electron chi connectivity index (χ0n) is 9.01. The molecule has 92 valence electrons. The Kier molecular flexibility index (Phi) is 4.87. The Bertz CT molecular complexity index is 383. The molecule has 0 spiro atoms. The quantitative estimate of drug-likeness (QED) is 0.576. The van der Waals surface area contributed by atoms with Crippen molar-refractivity contribution in [3.8, 4) is 0 Å². The van der Waals surface area contributed by atoms with Gasteiger partial charge in [0.25, 0.3) is 10.0 Å². The van der Waals surface area contributed by atoms with Crippen molar-refractivity contribution in [2.45, 2.75) is 17.5 Å². The number of aromatic amines is 1. The van der Waals surface area contributed by atoms with Gasteiger partial charge in [0.1, 0.15) is 0 Å². The molecule has 1 unspecified atom stereocenters. The summed E-state index contributed by atoms with van der Waals surface area (Å²) >= 11 is 0. The van der Waals surface area contributed by atoms with Crippen molar-refractivity contribution in [3.63, 3.8) is 0 Å². The van der Waals surface area contributed by atoms with Crippen molar-refractivity contribution in [3.05, 3.63) is 12.5 Å². The van der Waals surface area contributed by atoms with E-state index in [0.717, 1.165) is 0 Å². The lowest BCUT2D eigenvalue weighted by atomic mass is 10.2. The highest BCUT2D eigenvalue weighted by atomic mass is 32.2. The van der Waals surface area contributed by atoms with E-state index >= 15 is 0 Å². The van der Waals surface area contributed by atoms with E-state index in [0.29, 0.717) is 13.0 Å². The zero-order valence-corrected chi connectivity index (χ0v) is 9.83. The van der Waals surface area contributed by atoms with Gasteiger partial charge in [-0.3, -0.25) is 0 Å². The van der Waals surface area contributed by atoms with Crippen LogP contribution < -0.4 is 10.5 Å². The molecule has 4 N–H and O–H groups in total. The summed E-state index contributed by atoms with van der Waals surface area (Å²) in [7, 11) is -2.06. The fourth-order valence-electron chi connectivity index (χ4n) is 1.25. The first kappa shape index (κ1) is 13.1. The van der Waals surface area contributed by atoms with Crippen LogP contribution in [0.2, 0.25) is 0 Å². The van der Waals surface area contributed by atoms with Crippen LogP contribution >= 0.6 is 0 Å². The molecule has 0 bridgehead atoms. The second-order valence-electron chi connectivity index (χ2n) is 3.27. The Morgan fingerprint density at radius 3 is 2.94 bits per heavy atom. The first-order chi connectivity index (χ1) is 7.60. The van der Waals surface area contributed by atoms with Crippen molar-refractivity contribution < 1.29 is 13.2 Å². The SMILES string of the molecule is COCC(CCN)NS(=O)(=O)c1cnc[nH]1. The lowest BCUT2D eigenvalue weighted by molar-refractivity contribution is 0.172. The molecule has 0 aliphatic rings. The number of aromatic nitrogens is 2. The number of rotatable bonds is 7. The zero-order chi connectivity index (χ0) is 12.0. The molecule has 0 amide bonds. The largest absolute Gasteiger partial charge is 0.383 e. The summed E-state index contributed by atoms with van der Waals surface area (Å²) in [5.74, 6) is 0. The van der Waals surface area contributed by atoms with Crippen LogP contribution in [-0.4, -0.2) is 44.7 Å². The van der Waals surface area contributed by atoms with E-state index in [1.807, 2.05) is 0 Å². The molecule has 1 aromatic rings. The molecule has 0 radical (unpaired) electrons. The summed E-state index contributed by atoms with van der Waals surface area (Å²) in [6.07, 6.45) is 3.07. The van der Waals surface area contributed by atoms with Crippen LogP contribution in [0.5, 0.6) is 0 Å². The highest BCUT2D eigenvalue weighted by Crippen LogP contribution is 2.04. The predicted octanol–water partition coefficient (Wildman–Crippen LogP) is -0.948. The lowest BCUT2D eigenvalue weighted by Gasteiger charge is -2.16. The smallest absolute Gasteiger partial charge is 0.257 e. The van der Waals surface area contributed by atoms with Gasteiger partial charge in [0.2, 0.25) is 0 Å². The minimum Gasteiger partial charge on any atom is -0.383 e. The van der Waals surface area contributed by atoms with Crippen molar-refractivity contribution in [1.82, 2.24) is 14.7 Å². The number of sulfonamides is 1. The van der Waals surface area contributed by atoms with Gasteiger partial charge in [-0.15, -0.1) is 0 Å². The number of methoxy groups -OCH3 is 1. The van der Waals surface area contributed by atoms with Gasteiger partial charge in [0.05, 0.1) is 19.1 Å². The topological polar surface area (TPSA) is 110 Å². The summed E-state index contributed by atoms with van der Waals surface area (Å²) in [5, 5.41) is 0.0330. The third-order valence-corrected chi connectivity index (χ3v) is 3.41. The second-order valence-corrected chi connectivity index (χ2v) is 4.95. The van der Waals surface area contributed by atoms with Gasteiger partial charge in [-0.25, -0.2) is 18.1 Å². The Morgan fingerprint density at radius 2 is 2.44 bits per heavy atom. The number of hydrogen-bond donors (Lipinski definition) is 3. The fraction of sp³-hybridized carbons (Fsp3) is 0.625. The minimum atomic E-state index is -3.56. The summed E-state index contributed by atoms with van der Waals surface area (Å²) in [6.45, 7) is 0.671. The van der Waals surface area contributed by atoms with Gasteiger partial charge in [-0.05, 0) is 13.0 Å². The Labute approximate surface area is 94.4 Å². The van der Waals surface area contributed by atoms with E-state index in [1.165, 1.54) is 19.6 Å². The van der Waals surface area contributed by atoms with Crippen LogP contribution in [0.25, 0.3) is 0 Å². The molecule has 16 heavy (non-hydrogen) atoms. The molecule has 1 heterocycles. The highest BCUT2D eigenvalue weighted by Gasteiger charge is 2.20. The number of nitrogens with one attached hydrogen (secondary N) is 2. The second kappa shape index (κ2) is 5.94. The van der Waals surface area contributed by atoms with Crippen LogP contribution in [0.1, 0.15) is 6.42 Å². The van der Waals surface area contributed by atoms with Crippen LogP contribution in [0.4, 0.5) is 0 Å². The maximum atomic E-state index is 11.8. The van der Waals surface area contributed by atoms with E-state index in [-0.39, 0.29) is 17.7 Å². The fourth-order valence-corrected chi connectivity index (χ4v) is 2.41.